The topological polar surface area (TPSA) is 75.8 Å². The van der Waals surface area contributed by atoms with Gasteiger partial charge in [0.25, 0.3) is 5.91 Å². The Bertz CT molecular complexity index is 462. The fraction of sp³-hybridized carbons (Fsp3) is 0.500. The highest BCUT2D eigenvalue weighted by Gasteiger charge is 2.30. The van der Waals surface area contributed by atoms with Crippen molar-refractivity contribution in [3.8, 4) is 5.75 Å². The molecule has 0 unspecified atom stereocenters. The van der Waals surface area contributed by atoms with Gasteiger partial charge in [0.1, 0.15) is 0 Å². The van der Waals surface area contributed by atoms with Crippen LogP contribution in [0.1, 0.15) is 30.1 Å². The zero-order chi connectivity index (χ0) is 13.8. The van der Waals surface area contributed by atoms with Gasteiger partial charge in [-0.3, -0.25) is 4.79 Å². The first-order valence-electron chi connectivity index (χ1n) is 6.62. The molecule has 0 aromatic heterocycles. The van der Waals surface area contributed by atoms with Crippen LogP contribution < -0.4 is 10.5 Å². The summed E-state index contributed by atoms with van der Waals surface area (Å²) >= 11 is 0. The second-order valence-electron chi connectivity index (χ2n) is 4.63. The van der Waals surface area contributed by atoms with E-state index in [1.165, 1.54) is 0 Å². The Morgan fingerprint density at radius 1 is 1.58 bits per heavy atom. The van der Waals surface area contributed by atoms with Crippen molar-refractivity contribution >= 4 is 11.6 Å². The van der Waals surface area contributed by atoms with E-state index in [0.29, 0.717) is 30.2 Å². The number of carbonyl (C=O) groups excluding carboxylic acids is 1. The number of nitrogens with two attached hydrogens (primary N) is 1. The average Bonchev–Trinajstić information content (AvgIpc) is 2.89. The van der Waals surface area contributed by atoms with Gasteiger partial charge in [-0.15, -0.1) is 0 Å². The van der Waals surface area contributed by atoms with Gasteiger partial charge >= 0.3 is 0 Å². The monoisotopic (exact) mass is 264 g/mol. The molecule has 1 aromatic carbocycles. The number of carbonyl (C=O) groups is 1. The summed E-state index contributed by atoms with van der Waals surface area (Å²) in [4.78, 5) is 14.2. The molecule has 1 aromatic rings. The molecular formula is C14H20N2O3. The summed E-state index contributed by atoms with van der Waals surface area (Å²) in [7, 11) is 0. The van der Waals surface area contributed by atoms with Crippen LogP contribution in [0.2, 0.25) is 0 Å². The molecule has 3 N–H and O–H groups in total. The number of para-hydroxylation sites is 1. The number of rotatable bonds is 4. The number of anilines is 1. The highest BCUT2D eigenvalue weighted by molar-refractivity contribution is 5.99. The Morgan fingerprint density at radius 3 is 3.05 bits per heavy atom. The minimum Gasteiger partial charge on any atom is -0.491 e. The Morgan fingerprint density at radius 2 is 2.37 bits per heavy atom. The van der Waals surface area contributed by atoms with Gasteiger partial charge in [-0.25, -0.2) is 0 Å². The summed E-state index contributed by atoms with van der Waals surface area (Å²) in [5.74, 6) is 0.325. The van der Waals surface area contributed by atoms with Crippen molar-refractivity contribution < 1.29 is 14.6 Å². The predicted octanol–water partition coefficient (Wildman–Crippen LogP) is 1.26. The normalized spacial score (nSPS) is 18.6. The highest BCUT2D eigenvalue weighted by atomic mass is 16.5. The summed E-state index contributed by atoms with van der Waals surface area (Å²) in [6.07, 6.45) is 1.76. The molecule has 1 aliphatic rings. The van der Waals surface area contributed by atoms with E-state index in [2.05, 4.69) is 0 Å². The molecule has 5 nitrogen and oxygen atoms in total. The van der Waals surface area contributed by atoms with Gasteiger partial charge in [0.15, 0.2) is 5.75 Å². The highest BCUT2D eigenvalue weighted by Crippen LogP contribution is 2.29. The zero-order valence-electron chi connectivity index (χ0n) is 11.1. The number of aliphatic hydroxyl groups is 1. The molecule has 0 spiro atoms. The molecule has 2 rings (SSSR count). The molecule has 1 amide bonds. The van der Waals surface area contributed by atoms with E-state index in [-0.39, 0.29) is 18.6 Å². The van der Waals surface area contributed by atoms with Crippen LogP contribution in [0.15, 0.2) is 18.2 Å². The number of hydrogen-bond acceptors (Lipinski definition) is 4. The number of nitrogen functional groups attached to an aromatic ring is 1. The van der Waals surface area contributed by atoms with E-state index in [0.717, 1.165) is 12.8 Å². The Kier molecular flexibility index (Phi) is 4.27. The van der Waals surface area contributed by atoms with Gasteiger partial charge < -0.3 is 20.5 Å². The third kappa shape index (κ3) is 2.66. The summed E-state index contributed by atoms with van der Waals surface area (Å²) < 4.78 is 5.48. The van der Waals surface area contributed by atoms with E-state index >= 15 is 0 Å². The van der Waals surface area contributed by atoms with Crippen molar-refractivity contribution in [2.75, 3.05) is 25.5 Å². The molecule has 1 aliphatic heterocycles. The van der Waals surface area contributed by atoms with Gasteiger partial charge in [0.05, 0.1) is 30.5 Å². The number of aliphatic hydroxyl groups excluding tert-OH is 1. The third-order valence-electron chi connectivity index (χ3n) is 3.41. The van der Waals surface area contributed by atoms with Crippen LogP contribution in [0, 0.1) is 0 Å². The molecule has 1 atom stereocenters. The standard InChI is InChI=1S/C14H20N2O3/c1-2-19-13-11(6-3-7-12(13)15)14(18)16-8-4-5-10(16)9-17/h3,6-7,10,17H,2,4-5,8-9,15H2,1H3/t10-/m1/s1. The first-order chi connectivity index (χ1) is 9.19. The van der Waals surface area contributed by atoms with Crippen molar-refractivity contribution in [1.82, 2.24) is 4.90 Å². The van der Waals surface area contributed by atoms with Gasteiger partial charge in [-0.1, -0.05) is 6.07 Å². The van der Waals surface area contributed by atoms with Crippen LogP contribution >= 0.6 is 0 Å². The molecule has 0 radical (unpaired) electrons. The minimum absolute atomic E-state index is 0.00196. The summed E-state index contributed by atoms with van der Waals surface area (Å²) in [6.45, 7) is 2.98. The largest absolute Gasteiger partial charge is 0.491 e. The van der Waals surface area contributed by atoms with E-state index in [9.17, 15) is 9.90 Å². The van der Waals surface area contributed by atoms with E-state index in [1.807, 2.05) is 6.92 Å². The smallest absolute Gasteiger partial charge is 0.258 e. The van der Waals surface area contributed by atoms with Crippen LogP contribution in [0.3, 0.4) is 0 Å². The van der Waals surface area contributed by atoms with Crippen molar-refractivity contribution in [3.05, 3.63) is 23.8 Å². The number of benzene rings is 1. The molecule has 0 aliphatic carbocycles. The number of nitrogens with zero attached hydrogens (tertiary/aromatic N) is 1. The van der Waals surface area contributed by atoms with Crippen molar-refractivity contribution in [2.24, 2.45) is 0 Å². The lowest BCUT2D eigenvalue weighted by Gasteiger charge is -2.24. The van der Waals surface area contributed by atoms with Gasteiger partial charge in [0.2, 0.25) is 0 Å². The second-order valence-corrected chi connectivity index (χ2v) is 4.63. The van der Waals surface area contributed by atoms with Gasteiger partial charge in [-0.05, 0) is 31.9 Å². The van der Waals surface area contributed by atoms with Gasteiger partial charge in [0, 0.05) is 6.54 Å². The third-order valence-corrected chi connectivity index (χ3v) is 3.41. The first-order valence-corrected chi connectivity index (χ1v) is 6.62. The Balaban J connectivity index is 2.30. The summed E-state index contributed by atoms with van der Waals surface area (Å²) in [5, 5.41) is 9.31. The molecule has 1 saturated heterocycles. The molecule has 0 saturated carbocycles. The number of likely N-dealkylation sites (tertiary alicyclic amines) is 1. The van der Waals surface area contributed by atoms with E-state index in [4.69, 9.17) is 10.5 Å². The van der Waals surface area contributed by atoms with Crippen LogP contribution in [0.25, 0.3) is 0 Å². The van der Waals surface area contributed by atoms with Gasteiger partial charge in [-0.2, -0.15) is 0 Å². The summed E-state index contributed by atoms with van der Waals surface area (Å²) in [6, 6.07) is 5.09. The lowest BCUT2D eigenvalue weighted by molar-refractivity contribution is 0.0673. The number of hydrogen-bond donors (Lipinski definition) is 2. The lowest BCUT2D eigenvalue weighted by Crippen LogP contribution is -2.37. The quantitative estimate of drug-likeness (QED) is 0.803. The average molecular weight is 264 g/mol. The molecule has 1 heterocycles. The van der Waals surface area contributed by atoms with Crippen LogP contribution in [0.5, 0.6) is 5.75 Å². The van der Waals surface area contributed by atoms with E-state index in [1.54, 1.807) is 23.1 Å². The predicted molar refractivity (Wildman–Crippen MR) is 73.2 cm³/mol. The van der Waals surface area contributed by atoms with E-state index < -0.39 is 0 Å². The maximum absolute atomic E-state index is 12.5. The van der Waals surface area contributed by atoms with Crippen molar-refractivity contribution in [2.45, 2.75) is 25.8 Å². The molecule has 0 bridgehead atoms. The number of ether oxygens (including phenoxy) is 1. The Labute approximate surface area is 113 Å². The fourth-order valence-corrected chi connectivity index (χ4v) is 2.48. The summed E-state index contributed by atoms with van der Waals surface area (Å²) in [5.41, 5.74) is 6.81. The van der Waals surface area contributed by atoms with Crippen LogP contribution in [-0.4, -0.2) is 41.7 Å². The first kappa shape index (κ1) is 13.7. The number of amides is 1. The fourth-order valence-electron chi connectivity index (χ4n) is 2.48. The molecule has 104 valence electrons. The molecule has 1 fully saturated rings. The van der Waals surface area contributed by atoms with Crippen LogP contribution in [0.4, 0.5) is 5.69 Å². The molecular weight excluding hydrogens is 244 g/mol. The maximum atomic E-state index is 12.5. The maximum Gasteiger partial charge on any atom is 0.258 e. The van der Waals surface area contributed by atoms with Crippen molar-refractivity contribution in [1.29, 1.82) is 0 Å². The minimum atomic E-state index is -0.118. The zero-order valence-corrected chi connectivity index (χ0v) is 11.1. The SMILES string of the molecule is CCOc1c(N)cccc1C(=O)N1CCC[C@@H]1CO. The molecule has 19 heavy (non-hydrogen) atoms. The second kappa shape index (κ2) is 5.93. The van der Waals surface area contributed by atoms with Crippen LogP contribution in [-0.2, 0) is 0 Å². The Hall–Kier alpha value is -1.75. The molecule has 5 heteroatoms. The van der Waals surface area contributed by atoms with Crippen molar-refractivity contribution in [3.63, 3.8) is 0 Å². The lowest BCUT2D eigenvalue weighted by atomic mass is 10.1.